The highest BCUT2D eigenvalue weighted by atomic mass is 16.3. The van der Waals surface area contributed by atoms with Crippen LogP contribution >= 0.6 is 0 Å². The van der Waals surface area contributed by atoms with Crippen LogP contribution in [0.5, 0.6) is 5.88 Å². The van der Waals surface area contributed by atoms with Gasteiger partial charge >= 0.3 is 5.69 Å². The van der Waals surface area contributed by atoms with E-state index in [4.69, 9.17) is 0 Å². The number of H-pyrrole nitrogens is 1. The first-order valence-corrected chi connectivity index (χ1v) is 4.61. The van der Waals surface area contributed by atoms with Crippen molar-refractivity contribution in [1.82, 2.24) is 14.5 Å². The minimum absolute atomic E-state index is 0.161. The Morgan fingerprint density at radius 3 is 2.53 bits per heavy atom. The molecule has 0 atom stereocenters. The molecule has 15 heavy (non-hydrogen) atoms. The van der Waals surface area contributed by atoms with Gasteiger partial charge in [-0.05, 0) is 21.0 Å². The lowest BCUT2D eigenvalue weighted by Gasteiger charge is -2.12. The van der Waals surface area contributed by atoms with Crippen molar-refractivity contribution in [2.75, 3.05) is 20.6 Å². The zero-order valence-corrected chi connectivity index (χ0v) is 9.07. The van der Waals surface area contributed by atoms with Gasteiger partial charge in [0.2, 0.25) is 5.88 Å². The second-order valence-corrected chi connectivity index (χ2v) is 3.66. The fraction of sp³-hybridized carbons (Fsp3) is 0.556. The lowest BCUT2D eigenvalue weighted by molar-refractivity contribution is 0.343. The highest BCUT2D eigenvalue weighted by Crippen LogP contribution is 2.07. The summed E-state index contributed by atoms with van der Waals surface area (Å²) in [6.45, 7) is 2.42. The average molecular weight is 213 g/mol. The Balaban J connectivity index is 3.13. The van der Waals surface area contributed by atoms with Crippen LogP contribution in [0.15, 0.2) is 9.59 Å². The van der Waals surface area contributed by atoms with Crippen LogP contribution in [0.1, 0.15) is 5.56 Å². The van der Waals surface area contributed by atoms with Crippen LogP contribution in [0, 0.1) is 6.92 Å². The van der Waals surface area contributed by atoms with Gasteiger partial charge in [-0.1, -0.05) is 0 Å². The van der Waals surface area contributed by atoms with Crippen LogP contribution in [0.4, 0.5) is 0 Å². The number of nitrogens with one attached hydrogen (secondary N) is 1. The molecular weight excluding hydrogens is 198 g/mol. The fourth-order valence-corrected chi connectivity index (χ4v) is 1.17. The molecule has 0 unspecified atom stereocenters. The van der Waals surface area contributed by atoms with E-state index in [0.717, 1.165) is 4.57 Å². The van der Waals surface area contributed by atoms with Crippen LogP contribution in [0.3, 0.4) is 0 Å². The molecule has 2 N–H and O–H groups in total. The molecule has 6 nitrogen and oxygen atoms in total. The van der Waals surface area contributed by atoms with Crippen molar-refractivity contribution in [1.29, 1.82) is 0 Å². The highest BCUT2D eigenvalue weighted by molar-refractivity contribution is 5.20. The van der Waals surface area contributed by atoms with Gasteiger partial charge in [0.05, 0.1) is 5.56 Å². The average Bonchev–Trinajstić information content (AvgIpc) is 2.14. The third kappa shape index (κ3) is 2.47. The Morgan fingerprint density at radius 1 is 1.40 bits per heavy atom. The van der Waals surface area contributed by atoms with E-state index in [0.29, 0.717) is 13.1 Å². The third-order valence-corrected chi connectivity index (χ3v) is 2.17. The summed E-state index contributed by atoms with van der Waals surface area (Å²) in [6.07, 6.45) is 0. The number of likely N-dealkylation sites (N-methyl/N-ethyl adjacent to an activating group) is 1. The van der Waals surface area contributed by atoms with Crippen molar-refractivity contribution in [2.45, 2.75) is 13.5 Å². The molecule has 0 spiro atoms. The molecule has 1 aromatic heterocycles. The van der Waals surface area contributed by atoms with Gasteiger partial charge in [-0.2, -0.15) is 0 Å². The summed E-state index contributed by atoms with van der Waals surface area (Å²) in [4.78, 5) is 26.5. The van der Waals surface area contributed by atoms with Crippen molar-refractivity contribution in [3.8, 4) is 5.88 Å². The van der Waals surface area contributed by atoms with Crippen LogP contribution in [0.2, 0.25) is 0 Å². The van der Waals surface area contributed by atoms with Gasteiger partial charge in [-0.25, -0.2) is 4.79 Å². The zero-order chi connectivity index (χ0) is 11.6. The maximum absolute atomic E-state index is 11.4. The first-order valence-electron chi connectivity index (χ1n) is 4.61. The molecule has 1 heterocycles. The second-order valence-electron chi connectivity index (χ2n) is 3.66. The summed E-state index contributed by atoms with van der Waals surface area (Å²) in [5.74, 6) is -0.259. The molecule has 0 saturated carbocycles. The monoisotopic (exact) mass is 213 g/mol. The molecule has 0 aliphatic rings. The van der Waals surface area contributed by atoms with E-state index >= 15 is 0 Å². The molecule has 0 radical (unpaired) electrons. The summed E-state index contributed by atoms with van der Waals surface area (Å²) in [6, 6.07) is 0. The summed E-state index contributed by atoms with van der Waals surface area (Å²) < 4.78 is 1.15. The minimum atomic E-state index is -0.579. The molecule has 84 valence electrons. The quantitative estimate of drug-likeness (QED) is 0.683. The minimum Gasteiger partial charge on any atom is -0.494 e. The standard InChI is InChI=1S/C9H15N3O3/c1-6-7(13)10-9(15)12(8(6)14)5-4-11(2)3/h14H,4-5H2,1-3H3,(H,10,13,15). The smallest absolute Gasteiger partial charge is 0.331 e. The Labute approximate surface area is 86.8 Å². The number of hydrogen-bond acceptors (Lipinski definition) is 4. The topological polar surface area (TPSA) is 78.3 Å². The maximum atomic E-state index is 11.4. The van der Waals surface area contributed by atoms with Gasteiger partial charge in [-0.3, -0.25) is 14.3 Å². The van der Waals surface area contributed by atoms with Gasteiger partial charge in [0, 0.05) is 13.1 Å². The molecule has 0 bridgehead atoms. The van der Waals surface area contributed by atoms with E-state index in [2.05, 4.69) is 4.98 Å². The first kappa shape index (κ1) is 11.5. The van der Waals surface area contributed by atoms with Crippen molar-refractivity contribution >= 4 is 0 Å². The lowest BCUT2D eigenvalue weighted by Crippen LogP contribution is -2.33. The number of hydrogen-bond donors (Lipinski definition) is 2. The van der Waals surface area contributed by atoms with Crippen LogP contribution in [0.25, 0.3) is 0 Å². The predicted molar refractivity (Wildman–Crippen MR) is 56.3 cm³/mol. The van der Waals surface area contributed by atoms with E-state index in [1.807, 2.05) is 19.0 Å². The van der Waals surface area contributed by atoms with Crippen molar-refractivity contribution in [2.24, 2.45) is 0 Å². The van der Waals surface area contributed by atoms with E-state index < -0.39 is 11.2 Å². The summed E-state index contributed by atoms with van der Waals surface area (Å²) in [5.41, 5.74) is -0.961. The number of aromatic amines is 1. The predicted octanol–water partition coefficient (Wildman–Crippen LogP) is -0.888. The molecule has 0 saturated heterocycles. The lowest BCUT2D eigenvalue weighted by atomic mass is 10.3. The molecular formula is C9H15N3O3. The van der Waals surface area contributed by atoms with Crippen LogP contribution in [-0.2, 0) is 6.54 Å². The normalized spacial score (nSPS) is 10.9. The fourth-order valence-electron chi connectivity index (χ4n) is 1.17. The Hall–Kier alpha value is -1.56. The molecule has 0 aliphatic carbocycles. The molecule has 0 aliphatic heterocycles. The number of nitrogens with zero attached hydrogens (tertiary/aromatic N) is 2. The molecule has 1 aromatic rings. The van der Waals surface area contributed by atoms with E-state index in [1.54, 1.807) is 0 Å². The van der Waals surface area contributed by atoms with Gasteiger partial charge < -0.3 is 10.0 Å². The number of aromatic hydroxyl groups is 1. The molecule has 6 heteroatoms. The SMILES string of the molecule is Cc1c(O)n(CCN(C)C)c(=O)[nH]c1=O. The summed E-state index contributed by atoms with van der Waals surface area (Å²) in [7, 11) is 3.72. The number of aromatic nitrogens is 2. The second kappa shape index (κ2) is 4.31. The van der Waals surface area contributed by atoms with Crippen LogP contribution in [-0.4, -0.2) is 40.2 Å². The largest absolute Gasteiger partial charge is 0.494 e. The molecule has 0 fully saturated rings. The van der Waals surface area contributed by atoms with E-state index in [-0.39, 0.29) is 11.4 Å². The number of rotatable bonds is 3. The summed E-state index contributed by atoms with van der Waals surface area (Å²) >= 11 is 0. The third-order valence-electron chi connectivity index (χ3n) is 2.17. The Bertz CT molecular complexity index is 459. The van der Waals surface area contributed by atoms with Gasteiger partial charge in [0.15, 0.2) is 0 Å². The first-order chi connectivity index (χ1) is 6.93. The van der Waals surface area contributed by atoms with Crippen molar-refractivity contribution in [3.63, 3.8) is 0 Å². The van der Waals surface area contributed by atoms with Gasteiger partial charge in [0.25, 0.3) is 5.56 Å². The van der Waals surface area contributed by atoms with Gasteiger partial charge in [-0.15, -0.1) is 0 Å². The van der Waals surface area contributed by atoms with Crippen LogP contribution < -0.4 is 11.2 Å². The Morgan fingerprint density at radius 2 is 2.00 bits per heavy atom. The van der Waals surface area contributed by atoms with Crippen molar-refractivity contribution < 1.29 is 5.11 Å². The maximum Gasteiger partial charge on any atom is 0.331 e. The van der Waals surface area contributed by atoms with Crippen molar-refractivity contribution in [3.05, 3.63) is 26.4 Å². The van der Waals surface area contributed by atoms with E-state index in [1.165, 1.54) is 6.92 Å². The molecule has 0 aromatic carbocycles. The van der Waals surface area contributed by atoms with E-state index in [9.17, 15) is 14.7 Å². The summed E-state index contributed by atoms with van der Waals surface area (Å²) in [5, 5.41) is 9.60. The molecule has 1 rings (SSSR count). The highest BCUT2D eigenvalue weighted by Gasteiger charge is 2.09. The van der Waals surface area contributed by atoms with Gasteiger partial charge in [0.1, 0.15) is 0 Å². The molecule has 0 amide bonds. The Kier molecular flexibility index (Phi) is 3.31. The zero-order valence-electron chi connectivity index (χ0n) is 9.07.